The van der Waals surface area contributed by atoms with Crippen LogP contribution in [0.4, 0.5) is 26.0 Å². The third kappa shape index (κ3) is 7.77. The highest BCUT2D eigenvalue weighted by atomic mass is 19.3. The van der Waals surface area contributed by atoms with Gasteiger partial charge in [-0.3, -0.25) is 29.3 Å². The largest absolute Gasteiger partial charge is 0.444 e. The van der Waals surface area contributed by atoms with Crippen molar-refractivity contribution in [2.75, 3.05) is 35.6 Å². The number of nitrogens with one attached hydrogen (secondary N) is 4. The second-order valence-corrected chi connectivity index (χ2v) is 12.8. The van der Waals surface area contributed by atoms with Gasteiger partial charge in [-0.2, -0.15) is 5.10 Å². The summed E-state index contributed by atoms with van der Waals surface area (Å²) in [6.07, 6.45) is 5.86. The minimum absolute atomic E-state index is 0.0482. The van der Waals surface area contributed by atoms with Crippen LogP contribution < -0.4 is 21.3 Å². The van der Waals surface area contributed by atoms with Gasteiger partial charge < -0.3 is 20.4 Å². The first-order valence-corrected chi connectivity index (χ1v) is 16.5. The lowest BCUT2D eigenvalue weighted by Gasteiger charge is -2.33. The molecule has 0 bridgehead atoms. The molecule has 1 atom stereocenters. The van der Waals surface area contributed by atoms with Crippen LogP contribution in [-0.2, 0) is 16.1 Å². The Balaban J connectivity index is 0.963. The number of rotatable bonds is 12. The van der Waals surface area contributed by atoms with Crippen LogP contribution >= 0.6 is 0 Å². The third-order valence-corrected chi connectivity index (χ3v) is 9.14. The van der Waals surface area contributed by atoms with Gasteiger partial charge in [0.25, 0.3) is 12.3 Å². The number of pyridine rings is 1. The normalized spacial score (nSPS) is 18.8. The molecule has 4 N–H and O–H groups in total. The molecule has 2 aliphatic heterocycles. The van der Waals surface area contributed by atoms with Crippen molar-refractivity contribution < 1.29 is 27.6 Å². The average molecular weight is 674 g/mol. The molecule has 49 heavy (non-hydrogen) atoms. The summed E-state index contributed by atoms with van der Waals surface area (Å²) in [4.78, 5) is 47.8. The number of nitrogens with zero attached hydrogens (tertiary/aromatic N) is 5. The van der Waals surface area contributed by atoms with E-state index in [1.54, 1.807) is 18.3 Å². The molecular weight excluding hydrogens is 636 g/mol. The minimum Gasteiger partial charge on any atom is -0.444 e. The summed E-state index contributed by atoms with van der Waals surface area (Å²) in [6.45, 7) is 2.85. The van der Waals surface area contributed by atoms with Crippen molar-refractivity contribution in [2.24, 2.45) is 5.92 Å². The van der Waals surface area contributed by atoms with E-state index < -0.39 is 24.1 Å². The van der Waals surface area contributed by atoms with Crippen LogP contribution in [0.3, 0.4) is 0 Å². The molecule has 1 aromatic carbocycles. The van der Waals surface area contributed by atoms with Crippen molar-refractivity contribution in [3.8, 4) is 11.5 Å². The Kier molecular flexibility index (Phi) is 9.33. The van der Waals surface area contributed by atoms with Gasteiger partial charge in [0.05, 0.1) is 11.7 Å². The zero-order valence-electron chi connectivity index (χ0n) is 26.7. The average Bonchev–Trinajstić information content (AvgIpc) is 3.62. The topological polar surface area (TPSA) is 159 Å². The van der Waals surface area contributed by atoms with E-state index in [1.165, 1.54) is 30.0 Å². The number of amides is 3. The third-order valence-electron chi connectivity index (χ3n) is 9.14. The Morgan fingerprint density at radius 2 is 1.88 bits per heavy atom. The number of benzene rings is 1. The SMILES string of the molecule is O=C1CCC(Nc2ccccc2CN2CCC(n3cc(NC(=O)c4coc(-c5ccnc(NCC6CC6)c5)n4)c(C(F)F)n3)CC2)C(=O)N1. The summed E-state index contributed by atoms with van der Waals surface area (Å²) >= 11 is 0. The number of para-hydroxylation sites is 1. The molecule has 4 aromatic rings. The van der Waals surface area contributed by atoms with E-state index in [1.807, 2.05) is 24.3 Å². The van der Waals surface area contributed by atoms with Gasteiger partial charge in [0.15, 0.2) is 11.4 Å². The first-order valence-electron chi connectivity index (χ1n) is 16.5. The molecule has 3 aliphatic rings. The lowest BCUT2D eigenvalue weighted by molar-refractivity contribution is -0.133. The molecule has 1 aliphatic carbocycles. The van der Waals surface area contributed by atoms with Crippen LogP contribution in [0.1, 0.15) is 72.7 Å². The maximum absolute atomic E-state index is 14.1. The fourth-order valence-electron chi connectivity index (χ4n) is 6.18. The Bertz CT molecular complexity index is 1830. The summed E-state index contributed by atoms with van der Waals surface area (Å²) in [5.41, 5.74) is 1.85. The van der Waals surface area contributed by atoms with Gasteiger partial charge in [-0.15, -0.1) is 0 Å². The molecule has 3 amide bonds. The Labute approximate surface area is 280 Å². The fourth-order valence-corrected chi connectivity index (χ4v) is 6.18. The monoisotopic (exact) mass is 673 g/mol. The predicted molar refractivity (Wildman–Crippen MR) is 176 cm³/mol. The van der Waals surface area contributed by atoms with Gasteiger partial charge in [-0.05, 0) is 61.8 Å². The Hall–Kier alpha value is -5.18. The fraction of sp³-hybridized carbons (Fsp3) is 0.412. The summed E-state index contributed by atoms with van der Waals surface area (Å²) in [5, 5.41) is 15.7. The molecule has 0 spiro atoms. The van der Waals surface area contributed by atoms with Crippen molar-refractivity contribution in [3.63, 3.8) is 0 Å². The number of likely N-dealkylation sites (tertiary alicyclic amines) is 1. The number of piperidine rings is 2. The Morgan fingerprint density at radius 1 is 1.06 bits per heavy atom. The summed E-state index contributed by atoms with van der Waals surface area (Å²) < 4.78 is 35.2. The number of alkyl halides is 2. The summed E-state index contributed by atoms with van der Waals surface area (Å²) in [6, 6.07) is 10.6. The number of anilines is 3. The zero-order chi connectivity index (χ0) is 33.9. The molecule has 2 saturated heterocycles. The van der Waals surface area contributed by atoms with Gasteiger partial charge in [0.2, 0.25) is 17.7 Å². The number of imide groups is 1. The van der Waals surface area contributed by atoms with E-state index in [4.69, 9.17) is 4.42 Å². The Morgan fingerprint density at radius 3 is 2.65 bits per heavy atom. The highest BCUT2D eigenvalue weighted by Crippen LogP contribution is 2.32. The van der Waals surface area contributed by atoms with Gasteiger partial charge in [-0.25, -0.2) is 18.7 Å². The number of carbonyl (C=O) groups excluding carboxylic acids is 3. The van der Waals surface area contributed by atoms with Crippen LogP contribution in [0.25, 0.3) is 11.5 Å². The molecule has 7 rings (SSSR count). The number of halogens is 2. The zero-order valence-corrected chi connectivity index (χ0v) is 26.7. The molecule has 5 heterocycles. The molecule has 3 aromatic heterocycles. The lowest BCUT2D eigenvalue weighted by Crippen LogP contribution is -2.47. The molecule has 13 nitrogen and oxygen atoms in total. The van der Waals surface area contributed by atoms with Crippen molar-refractivity contribution in [2.45, 2.75) is 63.6 Å². The van der Waals surface area contributed by atoms with Gasteiger partial charge in [-0.1, -0.05) is 18.2 Å². The summed E-state index contributed by atoms with van der Waals surface area (Å²) in [7, 11) is 0. The minimum atomic E-state index is -2.89. The second kappa shape index (κ2) is 14.1. The van der Waals surface area contributed by atoms with Crippen LogP contribution in [0.15, 0.2) is 59.5 Å². The summed E-state index contributed by atoms with van der Waals surface area (Å²) in [5.74, 6) is 0.294. The van der Waals surface area contributed by atoms with E-state index in [0.29, 0.717) is 56.2 Å². The molecule has 15 heteroatoms. The number of hydrogen-bond acceptors (Lipinski definition) is 10. The van der Waals surface area contributed by atoms with Gasteiger partial charge >= 0.3 is 0 Å². The standard InChI is InChI=1S/C34H37F2N9O4/c35-31(36)30-26(40-33(48)27-19-49-34(41-27)21-9-12-37-28(15-21)38-16-20-5-6-20)18-45(43-30)23-10-13-44(14-11-23)17-22-3-1-2-4-24(22)39-25-7-8-29(46)42-32(25)47/h1-4,9,12,15,18-20,23,25,31,39H,5-8,10-11,13-14,16-17H2,(H,37,38)(H,40,48)(H,42,46,47). The maximum atomic E-state index is 14.1. The van der Waals surface area contributed by atoms with E-state index >= 15 is 0 Å². The van der Waals surface area contributed by atoms with E-state index in [9.17, 15) is 23.2 Å². The smallest absolute Gasteiger partial charge is 0.284 e. The maximum Gasteiger partial charge on any atom is 0.284 e. The number of carbonyl (C=O) groups is 3. The number of aromatic nitrogens is 4. The molecular formula is C34H37F2N9O4. The van der Waals surface area contributed by atoms with Crippen molar-refractivity contribution in [1.82, 2.24) is 30.0 Å². The van der Waals surface area contributed by atoms with Crippen molar-refractivity contribution in [3.05, 3.63) is 72.0 Å². The van der Waals surface area contributed by atoms with Crippen molar-refractivity contribution >= 4 is 34.9 Å². The number of oxazole rings is 1. The highest BCUT2D eigenvalue weighted by molar-refractivity contribution is 6.03. The number of hydrogen-bond donors (Lipinski definition) is 4. The first-order chi connectivity index (χ1) is 23.8. The van der Waals surface area contributed by atoms with E-state index in [2.05, 4.69) is 41.2 Å². The molecule has 3 fully saturated rings. The first kappa shape index (κ1) is 32.4. The van der Waals surface area contributed by atoms with Crippen LogP contribution in [0.2, 0.25) is 0 Å². The lowest BCUT2D eigenvalue weighted by atomic mass is 10.0. The molecule has 1 saturated carbocycles. The van der Waals surface area contributed by atoms with Crippen LogP contribution in [-0.4, -0.2) is 68.0 Å². The van der Waals surface area contributed by atoms with Crippen LogP contribution in [0, 0.1) is 5.92 Å². The van der Waals surface area contributed by atoms with E-state index in [-0.39, 0.29) is 41.5 Å². The van der Waals surface area contributed by atoms with E-state index in [0.717, 1.165) is 17.8 Å². The molecule has 0 radical (unpaired) electrons. The van der Waals surface area contributed by atoms with Gasteiger partial charge in [0, 0.05) is 56.2 Å². The van der Waals surface area contributed by atoms with Crippen LogP contribution in [0.5, 0.6) is 0 Å². The van der Waals surface area contributed by atoms with Crippen molar-refractivity contribution in [1.29, 1.82) is 0 Å². The second-order valence-electron chi connectivity index (χ2n) is 12.8. The molecule has 1 unspecified atom stereocenters. The predicted octanol–water partition coefficient (Wildman–Crippen LogP) is 5.00. The van der Waals surface area contributed by atoms with Gasteiger partial charge in [0.1, 0.15) is 18.1 Å². The molecule has 256 valence electrons. The quantitative estimate of drug-likeness (QED) is 0.151. The highest BCUT2D eigenvalue weighted by Gasteiger charge is 2.29.